The molecule has 24 heavy (non-hydrogen) atoms. The van der Waals surface area contributed by atoms with Gasteiger partial charge in [-0.2, -0.15) is 0 Å². The molecule has 0 saturated carbocycles. The summed E-state index contributed by atoms with van der Waals surface area (Å²) in [5.74, 6) is -0.0474. The van der Waals surface area contributed by atoms with Crippen molar-refractivity contribution in [1.82, 2.24) is 10.3 Å². The van der Waals surface area contributed by atoms with E-state index in [2.05, 4.69) is 26.1 Å². The number of amides is 1. The summed E-state index contributed by atoms with van der Waals surface area (Å²) in [6.45, 7) is 8.42. The molecule has 0 spiro atoms. The van der Waals surface area contributed by atoms with Gasteiger partial charge in [0.25, 0.3) is 5.91 Å². The summed E-state index contributed by atoms with van der Waals surface area (Å²) in [6, 6.07) is 13.8. The number of nitrogens with one attached hydrogen (secondary N) is 1. The summed E-state index contributed by atoms with van der Waals surface area (Å²) >= 11 is 1.63. The Balaban J connectivity index is 2.07. The standard InChI is InChI=1S/C20H22N2OS/c1-13(20(2,3)4)21-19(23)15-12-17(18-10-7-11-24-18)22-16-9-6-5-8-14(15)16/h5-13H,1-4H3,(H,21,23)/t13-/m1/s1. The first kappa shape index (κ1) is 16.7. The van der Waals surface area contributed by atoms with Gasteiger partial charge in [-0.1, -0.05) is 45.0 Å². The van der Waals surface area contributed by atoms with Gasteiger partial charge in [-0.3, -0.25) is 4.79 Å². The number of aromatic nitrogens is 1. The average Bonchev–Trinajstić information content (AvgIpc) is 3.07. The molecule has 4 heteroatoms. The van der Waals surface area contributed by atoms with Crippen LogP contribution in [0, 0.1) is 5.41 Å². The van der Waals surface area contributed by atoms with Crippen LogP contribution in [0.3, 0.4) is 0 Å². The molecule has 3 aromatic rings. The predicted octanol–water partition coefficient (Wildman–Crippen LogP) is 5.13. The third kappa shape index (κ3) is 3.34. The maximum atomic E-state index is 12.9. The molecule has 0 aliphatic heterocycles. The second kappa shape index (κ2) is 6.36. The molecule has 0 radical (unpaired) electrons. The average molecular weight is 338 g/mol. The molecule has 0 bridgehead atoms. The Morgan fingerprint density at radius 1 is 1.17 bits per heavy atom. The number of para-hydroxylation sites is 1. The highest BCUT2D eigenvalue weighted by atomic mass is 32.1. The lowest BCUT2D eigenvalue weighted by molar-refractivity contribution is 0.0912. The first-order chi connectivity index (χ1) is 11.4. The molecule has 124 valence electrons. The molecule has 0 aliphatic carbocycles. The molecule has 1 atom stereocenters. The molecule has 1 N–H and O–H groups in total. The van der Waals surface area contributed by atoms with Crippen molar-refractivity contribution in [2.75, 3.05) is 0 Å². The minimum atomic E-state index is -0.0474. The monoisotopic (exact) mass is 338 g/mol. The number of nitrogens with zero attached hydrogens (tertiary/aromatic N) is 1. The Labute approximate surface area is 146 Å². The molecular weight excluding hydrogens is 316 g/mol. The first-order valence-electron chi connectivity index (χ1n) is 8.11. The number of fused-ring (bicyclic) bond motifs is 1. The quantitative estimate of drug-likeness (QED) is 0.719. The molecule has 0 aliphatic rings. The van der Waals surface area contributed by atoms with Gasteiger partial charge in [0.15, 0.2) is 0 Å². The van der Waals surface area contributed by atoms with Gasteiger partial charge in [-0.25, -0.2) is 4.98 Å². The van der Waals surface area contributed by atoms with Crippen molar-refractivity contribution in [2.45, 2.75) is 33.7 Å². The van der Waals surface area contributed by atoms with Gasteiger partial charge in [0.2, 0.25) is 0 Å². The van der Waals surface area contributed by atoms with Crippen molar-refractivity contribution in [3.63, 3.8) is 0 Å². The molecule has 0 saturated heterocycles. The lowest BCUT2D eigenvalue weighted by atomic mass is 9.88. The maximum absolute atomic E-state index is 12.9. The minimum Gasteiger partial charge on any atom is -0.349 e. The van der Waals surface area contributed by atoms with Crippen LogP contribution in [0.15, 0.2) is 47.8 Å². The van der Waals surface area contributed by atoms with Crippen molar-refractivity contribution in [1.29, 1.82) is 0 Å². The van der Waals surface area contributed by atoms with E-state index < -0.39 is 0 Å². The van der Waals surface area contributed by atoms with E-state index in [0.717, 1.165) is 21.5 Å². The van der Waals surface area contributed by atoms with Crippen LogP contribution >= 0.6 is 11.3 Å². The Morgan fingerprint density at radius 2 is 1.92 bits per heavy atom. The van der Waals surface area contributed by atoms with Gasteiger partial charge in [0.1, 0.15) is 0 Å². The highest BCUT2D eigenvalue weighted by molar-refractivity contribution is 7.13. The Bertz CT molecular complexity index is 863. The molecular formula is C20H22N2OS. The van der Waals surface area contributed by atoms with Crippen LogP contribution < -0.4 is 5.32 Å². The van der Waals surface area contributed by atoms with Gasteiger partial charge in [-0.15, -0.1) is 11.3 Å². The lowest BCUT2D eigenvalue weighted by Gasteiger charge is -2.28. The van der Waals surface area contributed by atoms with Crippen LogP contribution in [-0.4, -0.2) is 16.9 Å². The fraction of sp³-hybridized carbons (Fsp3) is 0.300. The lowest BCUT2D eigenvalue weighted by Crippen LogP contribution is -2.41. The summed E-state index contributed by atoms with van der Waals surface area (Å²) in [4.78, 5) is 18.7. The van der Waals surface area contributed by atoms with E-state index in [1.54, 1.807) is 11.3 Å². The number of rotatable bonds is 3. The molecule has 1 amide bonds. The van der Waals surface area contributed by atoms with Crippen LogP contribution in [0.4, 0.5) is 0 Å². The number of carbonyl (C=O) groups excluding carboxylic acids is 1. The highest BCUT2D eigenvalue weighted by Gasteiger charge is 2.23. The largest absolute Gasteiger partial charge is 0.349 e. The smallest absolute Gasteiger partial charge is 0.252 e. The SMILES string of the molecule is C[C@@H](NC(=O)c1cc(-c2cccs2)nc2ccccc12)C(C)(C)C. The fourth-order valence-electron chi connectivity index (χ4n) is 2.40. The van der Waals surface area contributed by atoms with Gasteiger partial charge in [-0.05, 0) is 35.9 Å². The summed E-state index contributed by atoms with van der Waals surface area (Å²) in [5, 5.41) is 6.04. The van der Waals surface area contributed by atoms with E-state index in [9.17, 15) is 4.79 Å². The van der Waals surface area contributed by atoms with Crippen LogP contribution in [0.1, 0.15) is 38.1 Å². The molecule has 2 heterocycles. The van der Waals surface area contributed by atoms with Gasteiger partial charge in [0, 0.05) is 11.4 Å². The van der Waals surface area contributed by atoms with Crippen molar-refractivity contribution < 1.29 is 4.79 Å². The number of pyridine rings is 1. The zero-order chi connectivity index (χ0) is 17.3. The summed E-state index contributed by atoms with van der Waals surface area (Å²) < 4.78 is 0. The fourth-order valence-corrected chi connectivity index (χ4v) is 3.09. The van der Waals surface area contributed by atoms with Crippen molar-refractivity contribution in [3.05, 3.63) is 53.4 Å². The predicted molar refractivity (Wildman–Crippen MR) is 101 cm³/mol. The van der Waals surface area contributed by atoms with E-state index in [1.165, 1.54) is 0 Å². The van der Waals surface area contributed by atoms with E-state index in [0.29, 0.717) is 5.56 Å². The Hall–Kier alpha value is -2.20. The number of hydrogen-bond donors (Lipinski definition) is 1. The molecule has 0 unspecified atom stereocenters. The third-order valence-corrected chi connectivity index (χ3v) is 5.27. The van der Waals surface area contributed by atoms with E-state index >= 15 is 0 Å². The molecule has 2 aromatic heterocycles. The Morgan fingerprint density at radius 3 is 2.58 bits per heavy atom. The number of thiophene rings is 1. The molecule has 1 aromatic carbocycles. The number of benzene rings is 1. The highest BCUT2D eigenvalue weighted by Crippen LogP contribution is 2.28. The molecule has 3 nitrogen and oxygen atoms in total. The van der Waals surface area contributed by atoms with Crippen molar-refractivity contribution in [2.24, 2.45) is 5.41 Å². The zero-order valence-corrected chi connectivity index (χ0v) is 15.3. The number of hydrogen-bond acceptors (Lipinski definition) is 3. The van der Waals surface area contributed by atoms with Gasteiger partial charge < -0.3 is 5.32 Å². The maximum Gasteiger partial charge on any atom is 0.252 e. The van der Waals surface area contributed by atoms with Crippen LogP contribution in [0.5, 0.6) is 0 Å². The second-order valence-corrected chi connectivity index (χ2v) is 8.06. The van der Waals surface area contributed by atoms with Gasteiger partial charge in [0.05, 0.1) is 21.7 Å². The zero-order valence-electron chi connectivity index (χ0n) is 14.5. The molecule has 0 fully saturated rings. The first-order valence-corrected chi connectivity index (χ1v) is 8.99. The summed E-state index contributed by atoms with van der Waals surface area (Å²) in [7, 11) is 0. The molecule has 3 rings (SSSR count). The Kier molecular flexibility index (Phi) is 4.41. The van der Waals surface area contributed by atoms with Crippen molar-refractivity contribution >= 4 is 28.1 Å². The van der Waals surface area contributed by atoms with E-state index in [4.69, 9.17) is 4.98 Å². The van der Waals surface area contributed by atoms with Gasteiger partial charge >= 0.3 is 0 Å². The summed E-state index contributed by atoms with van der Waals surface area (Å²) in [5.41, 5.74) is 2.38. The van der Waals surface area contributed by atoms with E-state index in [1.807, 2.05) is 54.8 Å². The van der Waals surface area contributed by atoms with E-state index in [-0.39, 0.29) is 17.4 Å². The van der Waals surface area contributed by atoms with Crippen molar-refractivity contribution in [3.8, 4) is 10.6 Å². The second-order valence-electron chi connectivity index (χ2n) is 7.11. The van der Waals surface area contributed by atoms with Crippen LogP contribution in [0.25, 0.3) is 21.5 Å². The van der Waals surface area contributed by atoms with Crippen LogP contribution in [-0.2, 0) is 0 Å². The van der Waals surface area contributed by atoms with Crippen LogP contribution in [0.2, 0.25) is 0 Å². The summed E-state index contributed by atoms with van der Waals surface area (Å²) in [6.07, 6.45) is 0. The topological polar surface area (TPSA) is 42.0 Å². The third-order valence-electron chi connectivity index (χ3n) is 4.38. The minimum absolute atomic E-state index is 0.00900. The normalized spacial score (nSPS) is 13.0. The number of carbonyl (C=O) groups is 1.